The molecule has 0 saturated heterocycles. The molecule has 0 aromatic rings. The summed E-state index contributed by atoms with van der Waals surface area (Å²) in [6.45, 7) is 3.08. The summed E-state index contributed by atoms with van der Waals surface area (Å²) in [5.41, 5.74) is 0.590. The number of hydrogen-bond donors (Lipinski definition) is 1. The van der Waals surface area contributed by atoms with Gasteiger partial charge in [-0.05, 0) is 14.0 Å². The van der Waals surface area contributed by atoms with E-state index in [2.05, 4.69) is 4.74 Å². The van der Waals surface area contributed by atoms with Crippen molar-refractivity contribution in [2.45, 2.75) is 6.92 Å². The quantitative estimate of drug-likeness (QED) is 0.487. The van der Waals surface area contributed by atoms with Gasteiger partial charge in [-0.25, -0.2) is 4.79 Å². The predicted octanol–water partition coefficient (Wildman–Crippen LogP) is 0.0298. The molecule has 1 N–H and O–H groups in total. The van der Waals surface area contributed by atoms with Crippen LogP contribution in [0.2, 0.25) is 0 Å². The van der Waals surface area contributed by atoms with Crippen LogP contribution in [0, 0.1) is 0 Å². The molecule has 0 bridgehead atoms. The normalized spacial score (nSPS) is 11.9. The number of aliphatic hydroxyl groups excluding tert-OH is 1. The summed E-state index contributed by atoms with van der Waals surface area (Å²) in [7, 11) is 3.23. The number of nitrogens with zero attached hydrogens (tertiary/aromatic N) is 1. The maximum absolute atomic E-state index is 10.9. The van der Waals surface area contributed by atoms with Crippen molar-refractivity contribution in [3.8, 4) is 0 Å². The van der Waals surface area contributed by atoms with Crippen molar-refractivity contribution in [3.05, 3.63) is 11.6 Å². The Morgan fingerprint density at radius 2 is 2.23 bits per heavy atom. The molecule has 0 aliphatic rings. The zero-order valence-corrected chi connectivity index (χ0v) is 8.41. The van der Waals surface area contributed by atoms with Crippen LogP contribution in [0.1, 0.15) is 6.92 Å². The molecule has 0 unspecified atom stereocenters. The summed E-state index contributed by atoms with van der Waals surface area (Å²) in [5.74, 6) is -0.308. The Balaban J connectivity index is 3.88. The fourth-order valence-electron chi connectivity index (χ4n) is 0.799. The van der Waals surface area contributed by atoms with Gasteiger partial charge in [0.15, 0.2) is 0 Å². The first-order chi connectivity index (χ1) is 6.11. The highest BCUT2D eigenvalue weighted by Crippen LogP contribution is 1.95. The summed E-state index contributed by atoms with van der Waals surface area (Å²) in [6.07, 6.45) is 1.78. The minimum atomic E-state index is -0.308. The predicted molar refractivity (Wildman–Crippen MR) is 50.4 cm³/mol. The average Bonchev–Trinajstić information content (AvgIpc) is 2.13. The van der Waals surface area contributed by atoms with Gasteiger partial charge in [-0.2, -0.15) is 0 Å². The highest BCUT2D eigenvalue weighted by molar-refractivity contribution is 5.87. The zero-order chi connectivity index (χ0) is 10.3. The van der Waals surface area contributed by atoms with Crippen LogP contribution < -0.4 is 0 Å². The molecule has 0 saturated carbocycles. The minimum absolute atomic E-state index is 0.127. The molecule has 0 aromatic heterocycles. The maximum Gasteiger partial charge on any atom is 0.333 e. The molecule has 0 atom stereocenters. The molecule has 4 heteroatoms. The van der Waals surface area contributed by atoms with Crippen molar-refractivity contribution in [1.29, 1.82) is 0 Å². The second kappa shape index (κ2) is 6.62. The topological polar surface area (TPSA) is 49.8 Å². The zero-order valence-electron chi connectivity index (χ0n) is 8.41. The fourth-order valence-corrected chi connectivity index (χ4v) is 0.799. The van der Waals surface area contributed by atoms with Gasteiger partial charge in [0.2, 0.25) is 0 Å². The minimum Gasteiger partial charge on any atom is -0.466 e. The lowest BCUT2D eigenvalue weighted by molar-refractivity contribution is -0.136. The SMILES string of the molecule is COC(=O)C(C)=CCN(C)CCO. The maximum atomic E-state index is 10.9. The van der Waals surface area contributed by atoms with Crippen LogP contribution in [0.4, 0.5) is 0 Å². The lowest BCUT2D eigenvalue weighted by Crippen LogP contribution is -2.22. The number of aliphatic hydroxyl groups is 1. The lowest BCUT2D eigenvalue weighted by atomic mass is 10.3. The van der Waals surface area contributed by atoms with E-state index < -0.39 is 0 Å². The summed E-state index contributed by atoms with van der Waals surface area (Å²) >= 11 is 0. The average molecular weight is 187 g/mol. The molecular formula is C9H17NO3. The van der Waals surface area contributed by atoms with Gasteiger partial charge in [-0.1, -0.05) is 6.08 Å². The van der Waals surface area contributed by atoms with Gasteiger partial charge in [0, 0.05) is 18.7 Å². The largest absolute Gasteiger partial charge is 0.466 e. The third-order valence-electron chi connectivity index (χ3n) is 1.70. The Bertz CT molecular complexity index is 189. The lowest BCUT2D eigenvalue weighted by Gasteiger charge is -2.12. The number of carbonyl (C=O) groups is 1. The molecule has 4 nitrogen and oxygen atoms in total. The first-order valence-corrected chi connectivity index (χ1v) is 4.16. The van der Waals surface area contributed by atoms with Crippen LogP contribution in [0.3, 0.4) is 0 Å². The van der Waals surface area contributed by atoms with Crippen molar-refractivity contribution >= 4 is 5.97 Å². The molecule has 0 rings (SSSR count). The van der Waals surface area contributed by atoms with Crippen LogP contribution >= 0.6 is 0 Å². The van der Waals surface area contributed by atoms with E-state index in [1.807, 2.05) is 11.9 Å². The van der Waals surface area contributed by atoms with Crippen LogP contribution in [0.5, 0.6) is 0 Å². The van der Waals surface area contributed by atoms with Gasteiger partial charge in [0.05, 0.1) is 13.7 Å². The van der Waals surface area contributed by atoms with E-state index in [1.165, 1.54) is 7.11 Å². The van der Waals surface area contributed by atoms with Crippen molar-refractivity contribution in [2.24, 2.45) is 0 Å². The van der Waals surface area contributed by atoms with Gasteiger partial charge in [0.1, 0.15) is 0 Å². The van der Waals surface area contributed by atoms with E-state index in [0.717, 1.165) is 0 Å². The van der Waals surface area contributed by atoms with E-state index in [4.69, 9.17) is 5.11 Å². The van der Waals surface area contributed by atoms with E-state index >= 15 is 0 Å². The molecule has 0 spiro atoms. The van der Waals surface area contributed by atoms with Gasteiger partial charge in [0.25, 0.3) is 0 Å². The van der Waals surface area contributed by atoms with E-state index in [0.29, 0.717) is 18.7 Å². The molecular weight excluding hydrogens is 170 g/mol. The second-order valence-corrected chi connectivity index (χ2v) is 2.86. The number of ether oxygens (including phenoxy) is 1. The Morgan fingerprint density at radius 1 is 1.62 bits per heavy atom. The summed E-state index contributed by atoms with van der Waals surface area (Å²) in [5, 5.41) is 8.60. The Morgan fingerprint density at radius 3 is 2.69 bits per heavy atom. The first kappa shape index (κ1) is 12.1. The van der Waals surface area contributed by atoms with E-state index in [9.17, 15) is 4.79 Å². The summed E-state index contributed by atoms with van der Waals surface area (Å²) in [4.78, 5) is 12.8. The van der Waals surface area contributed by atoms with Crippen LogP contribution in [-0.2, 0) is 9.53 Å². The van der Waals surface area contributed by atoms with Crippen molar-refractivity contribution < 1.29 is 14.6 Å². The molecule has 0 fully saturated rings. The number of carbonyl (C=O) groups excluding carboxylic acids is 1. The van der Waals surface area contributed by atoms with E-state index in [-0.39, 0.29) is 12.6 Å². The number of likely N-dealkylation sites (N-methyl/N-ethyl adjacent to an activating group) is 1. The smallest absolute Gasteiger partial charge is 0.333 e. The monoisotopic (exact) mass is 187 g/mol. The molecule has 13 heavy (non-hydrogen) atoms. The molecule has 76 valence electrons. The Hall–Kier alpha value is -0.870. The summed E-state index contributed by atoms with van der Waals surface area (Å²) < 4.78 is 4.53. The number of hydrogen-bond acceptors (Lipinski definition) is 4. The standard InChI is InChI=1S/C9H17NO3/c1-8(9(12)13-3)4-5-10(2)6-7-11/h4,11H,5-7H2,1-3H3. The molecule has 0 aliphatic carbocycles. The molecule has 0 aromatic carbocycles. The van der Waals surface area contributed by atoms with E-state index in [1.54, 1.807) is 13.0 Å². The Labute approximate surface area is 78.8 Å². The van der Waals surface area contributed by atoms with Gasteiger partial charge in [-0.3, -0.25) is 0 Å². The molecule has 0 heterocycles. The van der Waals surface area contributed by atoms with Gasteiger partial charge >= 0.3 is 5.97 Å². The Kier molecular flexibility index (Phi) is 6.18. The second-order valence-electron chi connectivity index (χ2n) is 2.86. The third kappa shape index (κ3) is 5.38. The highest BCUT2D eigenvalue weighted by Gasteiger charge is 2.02. The fraction of sp³-hybridized carbons (Fsp3) is 0.667. The van der Waals surface area contributed by atoms with Crippen molar-refractivity contribution in [1.82, 2.24) is 4.90 Å². The van der Waals surface area contributed by atoms with Crippen molar-refractivity contribution in [2.75, 3.05) is 33.9 Å². The summed E-state index contributed by atoms with van der Waals surface area (Å²) in [6, 6.07) is 0. The molecule has 0 radical (unpaired) electrons. The molecule has 0 aliphatic heterocycles. The third-order valence-corrected chi connectivity index (χ3v) is 1.70. The number of methoxy groups -OCH3 is 1. The molecule has 0 amide bonds. The number of rotatable bonds is 5. The van der Waals surface area contributed by atoms with Gasteiger partial charge in [-0.15, -0.1) is 0 Å². The van der Waals surface area contributed by atoms with Crippen LogP contribution in [0.15, 0.2) is 11.6 Å². The van der Waals surface area contributed by atoms with Crippen LogP contribution in [-0.4, -0.2) is 49.8 Å². The van der Waals surface area contributed by atoms with Gasteiger partial charge < -0.3 is 14.7 Å². The van der Waals surface area contributed by atoms with Crippen molar-refractivity contribution in [3.63, 3.8) is 0 Å². The highest BCUT2D eigenvalue weighted by atomic mass is 16.5. The first-order valence-electron chi connectivity index (χ1n) is 4.16. The number of esters is 1. The van der Waals surface area contributed by atoms with Crippen LogP contribution in [0.25, 0.3) is 0 Å².